The predicted octanol–water partition coefficient (Wildman–Crippen LogP) is 3.50. The molecule has 0 aliphatic heterocycles. The van der Waals surface area contributed by atoms with E-state index in [2.05, 4.69) is 32.2 Å². The fraction of sp³-hybridized carbons (Fsp3) is 0.529. The number of ether oxygens (including phenoxy) is 3. The van der Waals surface area contributed by atoms with Gasteiger partial charge in [-0.15, -0.1) is 0 Å². The maximum absolute atomic E-state index is 5.45. The van der Waals surface area contributed by atoms with Gasteiger partial charge in [0.15, 0.2) is 11.5 Å². The van der Waals surface area contributed by atoms with Gasteiger partial charge in [-0.05, 0) is 32.9 Å². The van der Waals surface area contributed by atoms with Crippen molar-refractivity contribution >= 4 is 6.08 Å². The third-order valence-corrected chi connectivity index (χ3v) is 3.50. The zero-order chi connectivity index (χ0) is 15.8. The molecule has 0 saturated heterocycles. The highest BCUT2D eigenvalue weighted by Gasteiger charge is 2.11. The van der Waals surface area contributed by atoms with Crippen LogP contribution in [0.15, 0.2) is 17.7 Å². The van der Waals surface area contributed by atoms with Crippen LogP contribution in [0, 0.1) is 0 Å². The molecule has 0 aliphatic carbocycles. The van der Waals surface area contributed by atoms with E-state index in [1.165, 1.54) is 5.57 Å². The van der Waals surface area contributed by atoms with Crippen molar-refractivity contribution in [2.24, 2.45) is 0 Å². The van der Waals surface area contributed by atoms with Crippen LogP contribution in [0.2, 0.25) is 0 Å². The lowest BCUT2D eigenvalue weighted by atomic mass is 10.0. The number of methoxy groups -OCH3 is 3. The fourth-order valence-corrected chi connectivity index (χ4v) is 2.06. The van der Waals surface area contributed by atoms with Gasteiger partial charge >= 0.3 is 0 Å². The van der Waals surface area contributed by atoms with Crippen molar-refractivity contribution in [1.82, 2.24) is 5.32 Å². The normalized spacial score (nSPS) is 13.0. The van der Waals surface area contributed by atoms with Crippen LogP contribution in [-0.2, 0) is 0 Å². The molecule has 1 unspecified atom stereocenters. The zero-order valence-electron chi connectivity index (χ0n) is 13.9. The average molecular weight is 293 g/mol. The molecule has 0 heterocycles. The molecule has 0 radical (unpaired) electrons. The van der Waals surface area contributed by atoms with Gasteiger partial charge in [-0.1, -0.05) is 18.6 Å². The predicted molar refractivity (Wildman–Crippen MR) is 87.5 cm³/mol. The number of hydrogen-bond acceptors (Lipinski definition) is 4. The van der Waals surface area contributed by atoms with E-state index in [1.54, 1.807) is 21.3 Å². The van der Waals surface area contributed by atoms with Gasteiger partial charge in [0.1, 0.15) is 5.75 Å². The SMILES string of the molecule is CCCNC(C)/C(C)=C/c1cc(OC)c(OC)cc1OC. The molecule has 0 bridgehead atoms. The first-order chi connectivity index (χ1) is 10.1. The Morgan fingerprint density at radius 1 is 1.10 bits per heavy atom. The van der Waals surface area contributed by atoms with Crippen LogP contribution in [-0.4, -0.2) is 33.9 Å². The molecule has 0 amide bonds. The van der Waals surface area contributed by atoms with Crippen LogP contribution in [0.5, 0.6) is 17.2 Å². The van der Waals surface area contributed by atoms with Gasteiger partial charge in [0, 0.05) is 17.7 Å². The lowest BCUT2D eigenvalue weighted by molar-refractivity contribution is 0.348. The minimum Gasteiger partial charge on any atom is -0.496 e. The molecule has 1 atom stereocenters. The average Bonchev–Trinajstić information content (AvgIpc) is 2.51. The van der Waals surface area contributed by atoms with Crippen molar-refractivity contribution in [3.05, 3.63) is 23.3 Å². The van der Waals surface area contributed by atoms with Gasteiger partial charge < -0.3 is 19.5 Å². The lowest BCUT2D eigenvalue weighted by Crippen LogP contribution is -2.27. The van der Waals surface area contributed by atoms with Gasteiger partial charge in [0.25, 0.3) is 0 Å². The monoisotopic (exact) mass is 293 g/mol. The quantitative estimate of drug-likeness (QED) is 0.796. The Bertz CT molecular complexity index is 483. The highest BCUT2D eigenvalue weighted by Crippen LogP contribution is 2.35. The largest absolute Gasteiger partial charge is 0.496 e. The van der Waals surface area contributed by atoms with Crippen molar-refractivity contribution < 1.29 is 14.2 Å². The van der Waals surface area contributed by atoms with Crippen LogP contribution in [0.3, 0.4) is 0 Å². The maximum atomic E-state index is 5.45. The number of hydrogen-bond donors (Lipinski definition) is 1. The Labute approximate surface area is 128 Å². The molecular weight excluding hydrogens is 266 g/mol. The summed E-state index contributed by atoms with van der Waals surface area (Å²) in [7, 11) is 4.91. The molecule has 4 heteroatoms. The van der Waals surface area contributed by atoms with Crippen molar-refractivity contribution in [2.75, 3.05) is 27.9 Å². The zero-order valence-corrected chi connectivity index (χ0v) is 13.9. The molecule has 1 rings (SSSR count). The van der Waals surface area contributed by atoms with Crippen molar-refractivity contribution in [3.8, 4) is 17.2 Å². The number of rotatable bonds is 8. The van der Waals surface area contributed by atoms with E-state index in [4.69, 9.17) is 14.2 Å². The summed E-state index contributed by atoms with van der Waals surface area (Å²) < 4.78 is 16.1. The summed E-state index contributed by atoms with van der Waals surface area (Å²) in [5.41, 5.74) is 2.23. The van der Waals surface area contributed by atoms with Gasteiger partial charge in [0.2, 0.25) is 0 Å². The smallest absolute Gasteiger partial charge is 0.164 e. The molecule has 0 saturated carbocycles. The summed E-state index contributed by atoms with van der Waals surface area (Å²) in [6.07, 6.45) is 3.24. The molecule has 118 valence electrons. The third kappa shape index (κ3) is 4.67. The molecule has 1 N–H and O–H groups in total. The lowest BCUT2D eigenvalue weighted by Gasteiger charge is -2.16. The van der Waals surface area contributed by atoms with Crippen LogP contribution < -0.4 is 19.5 Å². The Hall–Kier alpha value is -1.68. The van der Waals surface area contributed by atoms with E-state index in [0.29, 0.717) is 17.5 Å². The number of nitrogens with one attached hydrogen (secondary N) is 1. The third-order valence-electron chi connectivity index (χ3n) is 3.50. The van der Waals surface area contributed by atoms with Crippen LogP contribution in [0.25, 0.3) is 6.08 Å². The second-order valence-electron chi connectivity index (χ2n) is 5.01. The molecule has 4 nitrogen and oxygen atoms in total. The van der Waals surface area contributed by atoms with Crippen LogP contribution in [0.1, 0.15) is 32.8 Å². The molecule has 0 fully saturated rings. The second-order valence-corrected chi connectivity index (χ2v) is 5.01. The molecule has 21 heavy (non-hydrogen) atoms. The van der Waals surface area contributed by atoms with Crippen molar-refractivity contribution in [2.45, 2.75) is 33.2 Å². The summed E-state index contributed by atoms with van der Waals surface area (Å²) in [6.45, 7) is 7.45. The summed E-state index contributed by atoms with van der Waals surface area (Å²) in [5, 5.41) is 3.48. The van der Waals surface area contributed by atoms with E-state index < -0.39 is 0 Å². The van der Waals surface area contributed by atoms with Crippen molar-refractivity contribution in [3.63, 3.8) is 0 Å². The van der Waals surface area contributed by atoms with Crippen LogP contribution in [0.4, 0.5) is 0 Å². The Morgan fingerprint density at radius 3 is 2.19 bits per heavy atom. The molecular formula is C17H27NO3. The van der Waals surface area contributed by atoms with E-state index in [9.17, 15) is 0 Å². The summed E-state index contributed by atoms with van der Waals surface area (Å²) in [4.78, 5) is 0. The minimum absolute atomic E-state index is 0.322. The molecule has 1 aromatic carbocycles. The standard InChI is InChI=1S/C17H27NO3/c1-7-8-18-13(3)12(2)9-14-10-16(20-5)17(21-6)11-15(14)19-4/h9-11,13,18H,7-8H2,1-6H3/b12-9+. The fourth-order valence-electron chi connectivity index (χ4n) is 2.06. The Kier molecular flexibility index (Phi) is 7.09. The van der Waals surface area contributed by atoms with Gasteiger partial charge in [-0.25, -0.2) is 0 Å². The molecule has 0 aliphatic rings. The van der Waals surface area contributed by atoms with Gasteiger partial charge in [0.05, 0.1) is 21.3 Å². The highest BCUT2D eigenvalue weighted by molar-refractivity contribution is 5.65. The molecule has 0 spiro atoms. The van der Waals surface area contributed by atoms with Gasteiger partial charge in [-0.3, -0.25) is 0 Å². The maximum Gasteiger partial charge on any atom is 0.164 e. The number of benzene rings is 1. The highest BCUT2D eigenvalue weighted by atomic mass is 16.5. The first-order valence-corrected chi connectivity index (χ1v) is 7.28. The first kappa shape index (κ1) is 17.4. The molecule has 0 aromatic heterocycles. The van der Waals surface area contributed by atoms with Gasteiger partial charge in [-0.2, -0.15) is 0 Å². The van der Waals surface area contributed by atoms with E-state index in [1.807, 2.05) is 12.1 Å². The Balaban J connectivity index is 3.10. The first-order valence-electron chi connectivity index (χ1n) is 7.28. The van der Waals surface area contributed by atoms with Crippen LogP contribution >= 0.6 is 0 Å². The van der Waals surface area contributed by atoms with Crippen molar-refractivity contribution in [1.29, 1.82) is 0 Å². The topological polar surface area (TPSA) is 39.7 Å². The Morgan fingerprint density at radius 2 is 1.67 bits per heavy atom. The summed E-state index contributed by atoms with van der Waals surface area (Å²) >= 11 is 0. The summed E-state index contributed by atoms with van der Waals surface area (Å²) in [6, 6.07) is 4.11. The molecule has 1 aromatic rings. The summed E-state index contributed by atoms with van der Waals surface area (Å²) in [5.74, 6) is 2.14. The van der Waals surface area contributed by atoms with E-state index in [-0.39, 0.29) is 0 Å². The second kappa shape index (κ2) is 8.57. The van der Waals surface area contributed by atoms with E-state index in [0.717, 1.165) is 24.3 Å². The van der Waals surface area contributed by atoms with E-state index >= 15 is 0 Å². The minimum atomic E-state index is 0.322.